The summed E-state index contributed by atoms with van der Waals surface area (Å²) in [5, 5.41) is 8.61. The first-order chi connectivity index (χ1) is 14.6. The van der Waals surface area contributed by atoms with Crippen LogP contribution in [0.5, 0.6) is 11.5 Å². The first kappa shape index (κ1) is 21.0. The number of rotatable bonds is 8. The lowest BCUT2D eigenvalue weighted by molar-refractivity contribution is -0.104. The Hall–Kier alpha value is -3.67. The second kappa shape index (κ2) is 9.69. The van der Waals surface area contributed by atoms with Crippen molar-refractivity contribution in [2.75, 3.05) is 19.4 Å². The molecule has 154 valence electrons. The third-order valence-electron chi connectivity index (χ3n) is 4.71. The van der Waals surface area contributed by atoms with Gasteiger partial charge in [-0.25, -0.2) is 0 Å². The number of para-hydroxylation sites is 1. The average Bonchev–Trinajstić information content (AvgIpc) is 2.76. The predicted molar refractivity (Wildman–Crippen MR) is 123 cm³/mol. The minimum Gasteiger partial charge on any atom is -0.453 e. The van der Waals surface area contributed by atoms with Crippen molar-refractivity contribution in [3.8, 4) is 11.5 Å². The maximum absolute atomic E-state index is 11.0. The van der Waals surface area contributed by atoms with Crippen molar-refractivity contribution in [3.63, 3.8) is 0 Å². The van der Waals surface area contributed by atoms with Crippen LogP contribution in [0.1, 0.15) is 18.1 Å². The second-order valence-corrected chi connectivity index (χ2v) is 6.94. The standard InChI is InChI=1S/C24H26N4O2/c1-16(15-29)13-20(28-26-4)14-19-11-10-17(2)24(23(19)25-3)30-21-9-5-7-18-8-6-12-27-22(18)21/h5-13,15,25-26H,14H2,1-4H3/b16-13-,28-20-. The Kier molecular flexibility index (Phi) is 6.80. The fourth-order valence-electron chi connectivity index (χ4n) is 3.31. The monoisotopic (exact) mass is 402 g/mol. The van der Waals surface area contributed by atoms with Gasteiger partial charge in [0, 0.05) is 32.1 Å². The van der Waals surface area contributed by atoms with Gasteiger partial charge in [0.15, 0.2) is 11.5 Å². The fraction of sp³-hybridized carbons (Fsp3) is 0.208. The van der Waals surface area contributed by atoms with Crippen LogP contribution in [0, 0.1) is 6.92 Å². The molecule has 1 aromatic heterocycles. The van der Waals surface area contributed by atoms with E-state index in [0.29, 0.717) is 17.7 Å². The lowest BCUT2D eigenvalue weighted by Crippen LogP contribution is -2.10. The number of hydrogen-bond donors (Lipinski definition) is 2. The highest BCUT2D eigenvalue weighted by Crippen LogP contribution is 2.38. The fourth-order valence-corrected chi connectivity index (χ4v) is 3.31. The summed E-state index contributed by atoms with van der Waals surface area (Å²) in [7, 11) is 3.61. The predicted octanol–water partition coefficient (Wildman–Crippen LogP) is 4.64. The molecule has 0 aliphatic rings. The molecule has 30 heavy (non-hydrogen) atoms. The number of aromatic nitrogens is 1. The minimum atomic E-state index is 0.534. The van der Waals surface area contributed by atoms with E-state index in [0.717, 1.165) is 45.5 Å². The number of hydrazone groups is 1. The molecular weight excluding hydrogens is 376 g/mol. The van der Waals surface area contributed by atoms with Gasteiger partial charge in [0.2, 0.25) is 0 Å². The van der Waals surface area contributed by atoms with Gasteiger partial charge in [0.25, 0.3) is 0 Å². The number of hydrogen-bond acceptors (Lipinski definition) is 6. The smallest absolute Gasteiger partial charge is 0.153 e. The number of anilines is 1. The van der Waals surface area contributed by atoms with Crippen molar-refractivity contribution in [1.29, 1.82) is 0 Å². The first-order valence-corrected chi connectivity index (χ1v) is 9.76. The van der Waals surface area contributed by atoms with E-state index in [2.05, 4.69) is 20.8 Å². The Bertz CT molecular complexity index is 1110. The number of aryl methyl sites for hydroxylation is 1. The van der Waals surface area contributed by atoms with E-state index in [9.17, 15) is 4.79 Å². The van der Waals surface area contributed by atoms with Crippen molar-refractivity contribution in [2.45, 2.75) is 20.3 Å². The molecule has 0 radical (unpaired) electrons. The Labute approximate surface area is 176 Å². The maximum atomic E-state index is 11.0. The number of fused-ring (bicyclic) bond motifs is 1. The van der Waals surface area contributed by atoms with E-state index >= 15 is 0 Å². The normalized spacial score (nSPS) is 12.0. The number of ether oxygens (including phenoxy) is 1. The summed E-state index contributed by atoms with van der Waals surface area (Å²) in [6.07, 6.45) is 4.89. The number of carbonyl (C=O) groups is 1. The number of benzene rings is 2. The molecule has 0 aliphatic heterocycles. The van der Waals surface area contributed by atoms with E-state index < -0.39 is 0 Å². The van der Waals surface area contributed by atoms with Crippen molar-refractivity contribution >= 4 is 28.6 Å². The summed E-state index contributed by atoms with van der Waals surface area (Å²) in [5.74, 6) is 1.44. The van der Waals surface area contributed by atoms with Crippen molar-refractivity contribution in [2.24, 2.45) is 5.10 Å². The summed E-state index contributed by atoms with van der Waals surface area (Å²) in [6.45, 7) is 3.77. The van der Waals surface area contributed by atoms with Crippen LogP contribution in [0.25, 0.3) is 10.9 Å². The van der Waals surface area contributed by atoms with Crippen LogP contribution in [0.2, 0.25) is 0 Å². The molecular formula is C24H26N4O2. The molecule has 0 unspecified atom stereocenters. The molecule has 0 saturated heterocycles. The Morgan fingerprint density at radius 3 is 2.70 bits per heavy atom. The summed E-state index contributed by atoms with van der Waals surface area (Å²) in [6, 6.07) is 13.9. The van der Waals surface area contributed by atoms with E-state index in [1.165, 1.54) is 0 Å². The van der Waals surface area contributed by atoms with Crippen LogP contribution < -0.4 is 15.5 Å². The maximum Gasteiger partial charge on any atom is 0.153 e. The molecule has 0 spiro atoms. The molecule has 0 atom stereocenters. The van der Waals surface area contributed by atoms with Crippen molar-refractivity contribution in [3.05, 3.63) is 71.4 Å². The Morgan fingerprint density at radius 1 is 1.17 bits per heavy atom. The van der Waals surface area contributed by atoms with Crippen LogP contribution >= 0.6 is 0 Å². The third-order valence-corrected chi connectivity index (χ3v) is 4.71. The Morgan fingerprint density at radius 2 is 1.97 bits per heavy atom. The SMILES string of the molecule is CN/N=C(/C=C(/C)C=O)Cc1ccc(C)c(Oc2cccc3cccnc23)c1NC. The zero-order valence-electron chi connectivity index (χ0n) is 17.7. The topological polar surface area (TPSA) is 75.6 Å². The summed E-state index contributed by atoms with van der Waals surface area (Å²) in [5.41, 5.74) is 7.87. The highest BCUT2D eigenvalue weighted by Gasteiger charge is 2.15. The lowest BCUT2D eigenvalue weighted by atomic mass is 10.0. The molecule has 1 heterocycles. The van der Waals surface area contributed by atoms with Gasteiger partial charge in [0.1, 0.15) is 11.8 Å². The van der Waals surface area contributed by atoms with Crippen LogP contribution in [0.15, 0.2) is 65.4 Å². The summed E-state index contributed by atoms with van der Waals surface area (Å²) in [4.78, 5) is 15.5. The van der Waals surface area contributed by atoms with Crippen molar-refractivity contribution in [1.82, 2.24) is 10.4 Å². The summed E-state index contributed by atoms with van der Waals surface area (Å²) >= 11 is 0. The molecule has 0 saturated carbocycles. The van der Waals surface area contributed by atoms with E-state index in [1.807, 2.05) is 56.4 Å². The zero-order chi connectivity index (χ0) is 21.5. The largest absolute Gasteiger partial charge is 0.453 e. The molecule has 3 rings (SSSR count). The molecule has 0 fully saturated rings. The van der Waals surface area contributed by atoms with E-state index in [1.54, 1.807) is 26.2 Å². The molecule has 6 heteroatoms. The minimum absolute atomic E-state index is 0.534. The second-order valence-electron chi connectivity index (χ2n) is 6.94. The van der Waals surface area contributed by atoms with Gasteiger partial charge in [-0.3, -0.25) is 9.78 Å². The number of aldehydes is 1. The number of pyridine rings is 1. The third kappa shape index (κ3) is 4.66. The lowest BCUT2D eigenvalue weighted by Gasteiger charge is -2.18. The number of nitrogens with zero attached hydrogens (tertiary/aromatic N) is 2. The van der Waals surface area contributed by atoms with Crippen LogP contribution in [-0.2, 0) is 11.2 Å². The van der Waals surface area contributed by atoms with Gasteiger partial charge in [-0.15, -0.1) is 0 Å². The van der Waals surface area contributed by atoms with Crippen LogP contribution in [-0.4, -0.2) is 31.1 Å². The number of allylic oxidation sites excluding steroid dienone is 2. The molecule has 2 N–H and O–H groups in total. The van der Waals surface area contributed by atoms with E-state index in [4.69, 9.17) is 4.74 Å². The number of carbonyl (C=O) groups excluding carboxylic acids is 1. The summed E-state index contributed by atoms with van der Waals surface area (Å²) < 4.78 is 6.38. The number of nitrogens with one attached hydrogen (secondary N) is 2. The van der Waals surface area contributed by atoms with Gasteiger partial charge in [0.05, 0.1) is 11.4 Å². The zero-order valence-corrected chi connectivity index (χ0v) is 17.7. The van der Waals surface area contributed by atoms with Crippen LogP contribution in [0.3, 0.4) is 0 Å². The molecule has 0 bridgehead atoms. The van der Waals surface area contributed by atoms with Crippen molar-refractivity contribution < 1.29 is 9.53 Å². The van der Waals surface area contributed by atoms with Gasteiger partial charge in [-0.05, 0) is 48.8 Å². The average molecular weight is 402 g/mol. The van der Waals surface area contributed by atoms with Gasteiger partial charge >= 0.3 is 0 Å². The van der Waals surface area contributed by atoms with Gasteiger partial charge in [-0.2, -0.15) is 5.10 Å². The molecule has 6 nitrogen and oxygen atoms in total. The van der Waals surface area contributed by atoms with Gasteiger partial charge < -0.3 is 15.5 Å². The first-order valence-electron chi connectivity index (χ1n) is 9.76. The highest BCUT2D eigenvalue weighted by atomic mass is 16.5. The highest BCUT2D eigenvalue weighted by molar-refractivity contribution is 6.00. The van der Waals surface area contributed by atoms with E-state index in [-0.39, 0.29) is 0 Å². The molecule has 3 aromatic rings. The quantitative estimate of drug-likeness (QED) is 0.248. The van der Waals surface area contributed by atoms with Crippen LogP contribution in [0.4, 0.5) is 5.69 Å². The Balaban J connectivity index is 2.04. The molecule has 0 aliphatic carbocycles. The van der Waals surface area contributed by atoms with Gasteiger partial charge in [-0.1, -0.05) is 30.3 Å². The molecule has 2 aromatic carbocycles. The molecule has 0 amide bonds.